The van der Waals surface area contributed by atoms with Crippen molar-refractivity contribution in [2.24, 2.45) is 0 Å². The molecule has 0 atom stereocenters. The highest BCUT2D eigenvalue weighted by Gasteiger charge is 2.35. The maximum absolute atomic E-state index is 13.5. The van der Waals surface area contributed by atoms with Gasteiger partial charge in [-0.3, -0.25) is 4.79 Å². The average molecular weight is 343 g/mol. The minimum absolute atomic E-state index is 0.173. The predicted octanol–water partition coefficient (Wildman–Crippen LogP) is 3.78. The zero-order valence-corrected chi connectivity index (χ0v) is 14.9. The summed E-state index contributed by atoms with van der Waals surface area (Å²) < 4.78 is 24.3. The highest BCUT2D eigenvalue weighted by molar-refractivity contribution is 5.94. The van der Waals surface area contributed by atoms with Crippen LogP contribution in [0.2, 0.25) is 0 Å². The summed E-state index contributed by atoms with van der Waals surface area (Å²) in [7, 11) is 3.20. The molecule has 0 saturated heterocycles. The lowest BCUT2D eigenvalue weighted by molar-refractivity contribution is 0.0685. The first-order valence-corrected chi connectivity index (χ1v) is 8.16. The van der Waals surface area contributed by atoms with Crippen molar-refractivity contribution in [3.8, 4) is 11.5 Å². The van der Waals surface area contributed by atoms with Gasteiger partial charge in [0.2, 0.25) is 0 Å². The molecule has 0 bridgehead atoms. The van der Waals surface area contributed by atoms with Crippen LogP contribution in [0.15, 0.2) is 36.4 Å². The molecule has 0 aliphatic carbocycles. The third kappa shape index (κ3) is 3.18. The molecule has 0 spiro atoms. The number of amides is 1. The van der Waals surface area contributed by atoms with E-state index in [2.05, 4.69) is 13.8 Å². The van der Waals surface area contributed by atoms with E-state index in [4.69, 9.17) is 9.47 Å². The lowest BCUT2D eigenvalue weighted by Gasteiger charge is -2.40. The number of rotatable bonds is 3. The van der Waals surface area contributed by atoms with Crippen LogP contribution in [0.3, 0.4) is 0 Å². The molecule has 3 rings (SSSR count). The monoisotopic (exact) mass is 343 g/mol. The van der Waals surface area contributed by atoms with Crippen molar-refractivity contribution >= 4 is 5.91 Å². The maximum Gasteiger partial charge on any atom is 0.254 e. The van der Waals surface area contributed by atoms with Gasteiger partial charge in [-0.15, -0.1) is 0 Å². The summed E-state index contributed by atoms with van der Waals surface area (Å²) in [5.74, 6) is 0.735. The predicted molar refractivity (Wildman–Crippen MR) is 93.7 cm³/mol. The zero-order chi connectivity index (χ0) is 18.2. The first-order valence-electron chi connectivity index (χ1n) is 8.16. The number of hydrogen-bond acceptors (Lipinski definition) is 3. The summed E-state index contributed by atoms with van der Waals surface area (Å²) in [5.41, 5.74) is 2.25. The summed E-state index contributed by atoms with van der Waals surface area (Å²) in [6, 6.07) is 9.71. The Morgan fingerprint density at radius 1 is 1.12 bits per heavy atom. The highest BCUT2D eigenvalue weighted by atomic mass is 19.1. The van der Waals surface area contributed by atoms with Gasteiger partial charge in [0.05, 0.1) is 14.2 Å². The first kappa shape index (κ1) is 17.3. The van der Waals surface area contributed by atoms with Gasteiger partial charge in [0.1, 0.15) is 5.82 Å². The molecule has 25 heavy (non-hydrogen) atoms. The molecule has 1 amide bonds. The normalized spacial score (nSPS) is 15.5. The molecule has 0 aromatic heterocycles. The molecule has 0 unspecified atom stereocenters. The molecule has 1 heterocycles. The van der Waals surface area contributed by atoms with Gasteiger partial charge in [-0.1, -0.05) is 19.9 Å². The maximum atomic E-state index is 13.5. The molecular weight excluding hydrogens is 321 g/mol. The summed E-state index contributed by atoms with van der Waals surface area (Å²) in [5, 5.41) is 0. The third-order valence-electron chi connectivity index (χ3n) is 4.64. The van der Waals surface area contributed by atoms with Gasteiger partial charge in [-0.05, 0) is 41.5 Å². The molecule has 0 fully saturated rings. The number of hydrogen-bond donors (Lipinski definition) is 0. The van der Waals surface area contributed by atoms with Crippen LogP contribution in [0.1, 0.15) is 35.3 Å². The Bertz CT molecular complexity index is 817. The molecule has 5 heteroatoms. The van der Waals surface area contributed by atoms with Crippen LogP contribution in [0.5, 0.6) is 11.5 Å². The standard InChI is InChI=1S/C20H22FNO3/c1-20(2)12-22(19(23)13-6-5-7-15(21)8-13)11-14-9-17(24-3)18(25-4)10-16(14)20/h5-10H,11-12H2,1-4H3. The Morgan fingerprint density at radius 2 is 1.80 bits per heavy atom. The molecule has 0 radical (unpaired) electrons. The number of fused-ring (bicyclic) bond motifs is 1. The Balaban J connectivity index is 1.99. The lowest BCUT2D eigenvalue weighted by Crippen LogP contribution is -2.45. The summed E-state index contributed by atoms with van der Waals surface area (Å²) in [4.78, 5) is 14.6. The van der Waals surface area contributed by atoms with Crippen molar-refractivity contribution < 1.29 is 18.7 Å². The first-order chi connectivity index (χ1) is 11.9. The van der Waals surface area contributed by atoms with E-state index < -0.39 is 5.82 Å². The minimum Gasteiger partial charge on any atom is -0.493 e. The molecule has 4 nitrogen and oxygen atoms in total. The molecule has 2 aromatic carbocycles. The summed E-state index contributed by atoms with van der Waals surface area (Å²) >= 11 is 0. The topological polar surface area (TPSA) is 38.8 Å². The van der Waals surface area contributed by atoms with E-state index in [-0.39, 0.29) is 11.3 Å². The summed E-state index contributed by atoms with van der Waals surface area (Å²) in [6.07, 6.45) is 0. The van der Waals surface area contributed by atoms with E-state index >= 15 is 0 Å². The number of carbonyl (C=O) groups is 1. The Labute approximate surface area is 147 Å². The van der Waals surface area contributed by atoms with Crippen molar-refractivity contribution in [1.82, 2.24) is 4.90 Å². The lowest BCUT2D eigenvalue weighted by atomic mass is 9.78. The van der Waals surface area contributed by atoms with Gasteiger partial charge in [0, 0.05) is 24.1 Å². The fourth-order valence-corrected chi connectivity index (χ4v) is 3.45. The number of carbonyl (C=O) groups excluding carboxylic acids is 1. The van der Waals surface area contributed by atoms with Crippen LogP contribution in [-0.2, 0) is 12.0 Å². The van der Waals surface area contributed by atoms with Crippen LogP contribution >= 0.6 is 0 Å². The molecule has 1 aliphatic heterocycles. The molecular formula is C20H22FNO3. The molecule has 0 saturated carbocycles. The van der Waals surface area contributed by atoms with Crippen LogP contribution in [0.4, 0.5) is 4.39 Å². The average Bonchev–Trinajstić information content (AvgIpc) is 2.59. The van der Waals surface area contributed by atoms with Crippen LogP contribution in [0, 0.1) is 5.82 Å². The van der Waals surface area contributed by atoms with Crippen molar-refractivity contribution in [3.05, 3.63) is 58.9 Å². The SMILES string of the molecule is COc1cc2c(cc1OC)C(C)(C)CN(C(=O)c1cccc(F)c1)C2. The van der Waals surface area contributed by atoms with Gasteiger partial charge in [-0.2, -0.15) is 0 Å². The smallest absolute Gasteiger partial charge is 0.254 e. The largest absolute Gasteiger partial charge is 0.493 e. The molecule has 1 aliphatic rings. The fraction of sp³-hybridized carbons (Fsp3) is 0.350. The van der Waals surface area contributed by atoms with E-state index in [1.807, 2.05) is 12.1 Å². The van der Waals surface area contributed by atoms with Crippen LogP contribution in [0.25, 0.3) is 0 Å². The Hall–Kier alpha value is -2.56. The van der Waals surface area contributed by atoms with Gasteiger partial charge in [0.25, 0.3) is 5.91 Å². The quantitative estimate of drug-likeness (QED) is 0.851. The van der Waals surface area contributed by atoms with Crippen LogP contribution in [-0.4, -0.2) is 31.6 Å². The fourth-order valence-electron chi connectivity index (χ4n) is 3.45. The van der Waals surface area contributed by atoms with E-state index in [1.165, 1.54) is 12.1 Å². The molecule has 2 aromatic rings. The zero-order valence-electron chi connectivity index (χ0n) is 14.9. The second-order valence-corrected chi connectivity index (χ2v) is 6.92. The molecule has 0 N–H and O–H groups in total. The summed E-state index contributed by atoms with van der Waals surface area (Å²) in [6.45, 7) is 5.17. The third-order valence-corrected chi connectivity index (χ3v) is 4.64. The van der Waals surface area contributed by atoms with Gasteiger partial charge < -0.3 is 14.4 Å². The molecule has 132 valence electrons. The Kier molecular flexibility index (Phi) is 4.41. The van der Waals surface area contributed by atoms with E-state index in [1.54, 1.807) is 31.3 Å². The number of methoxy groups -OCH3 is 2. The number of ether oxygens (including phenoxy) is 2. The van der Waals surface area contributed by atoms with Gasteiger partial charge in [-0.25, -0.2) is 4.39 Å². The number of halogens is 1. The highest BCUT2D eigenvalue weighted by Crippen LogP contribution is 2.40. The van der Waals surface area contributed by atoms with E-state index in [0.29, 0.717) is 30.2 Å². The Morgan fingerprint density at radius 3 is 2.44 bits per heavy atom. The minimum atomic E-state index is -0.408. The number of nitrogens with zero attached hydrogens (tertiary/aromatic N) is 1. The second kappa shape index (κ2) is 6.39. The van der Waals surface area contributed by atoms with Crippen LogP contribution < -0.4 is 9.47 Å². The van der Waals surface area contributed by atoms with Crippen molar-refractivity contribution in [2.75, 3.05) is 20.8 Å². The van der Waals surface area contributed by atoms with Crippen molar-refractivity contribution in [1.29, 1.82) is 0 Å². The van der Waals surface area contributed by atoms with E-state index in [0.717, 1.165) is 11.1 Å². The van der Waals surface area contributed by atoms with E-state index in [9.17, 15) is 9.18 Å². The van der Waals surface area contributed by atoms with Gasteiger partial charge in [0.15, 0.2) is 11.5 Å². The second-order valence-electron chi connectivity index (χ2n) is 6.92. The van der Waals surface area contributed by atoms with Gasteiger partial charge >= 0.3 is 0 Å². The van der Waals surface area contributed by atoms with Crippen molar-refractivity contribution in [2.45, 2.75) is 25.8 Å². The number of benzene rings is 2. The van der Waals surface area contributed by atoms with Crippen molar-refractivity contribution in [3.63, 3.8) is 0 Å².